The third-order valence-electron chi connectivity index (χ3n) is 2.51. The number of hydrogen-bond acceptors (Lipinski definition) is 6. The molecule has 0 radical (unpaired) electrons. The lowest BCUT2D eigenvalue weighted by Gasteiger charge is -2.19. The first-order valence-electron chi connectivity index (χ1n) is 5.57. The molecule has 0 atom stereocenters. The van der Waals surface area contributed by atoms with Crippen molar-refractivity contribution >= 4 is 17.4 Å². The van der Waals surface area contributed by atoms with E-state index in [1.54, 1.807) is 6.92 Å². The summed E-state index contributed by atoms with van der Waals surface area (Å²) in [5, 5.41) is 19.2. The van der Waals surface area contributed by atoms with Crippen molar-refractivity contribution < 1.29 is 9.72 Å². The summed E-state index contributed by atoms with van der Waals surface area (Å²) in [6, 6.07) is 3.03. The average molecular weight is 263 g/mol. The molecule has 0 aliphatic heterocycles. The summed E-state index contributed by atoms with van der Waals surface area (Å²) < 4.78 is 0. The molecular formula is C11H13N5O3. The van der Waals surface area contributed by atoms with E-state index in [-0.39, 0.29) is 30.0 Å². The first kappa shape index (κ1) is 14.4. The Morgan fingerprint density at radius 2 is 2.37 bits per heavy atom. The fourth-order valence-electron chi connectivity index (χ4n) is 1.49. The summed E-state index contributed by atoms with van der Waals surface area (Å²) >= 11 is 0. The van der Waals surface area contributed by atoms with E-state index in [0.717, 1.165) is 12.3 Å². The number of nitrogens with zero attached hydrogens (tertiary/aromatic N) is 4. The monoisotopic (exact) mass is 263 g/mol. The number of pyridine rings is 1. The van der Waals surface area contributed by atoms with E-state index in [2.05, 4.69) is 4.98 Å². The Morgan fingerprint density at radius 3 is 2.89 bits per heavy atom. The van der Waals surface area contributed by atoms with E-state index >= 15 is 0 Å². The van der Waals surface area contributed by atoms with Gasteiger partial charge in [-0.15, -0.1) is 0 Å². The van der Waals surface area contributed by atoms with Crippen molar-refractivity contribution in [1.29, 1.82) is 5.26 Å². The number of carbonyl (C=O) groups is 1. The molecule has 0 saturated heterocycles. The SMILES string of the molecule is CCN(CCC#N)C(=O)c1cc([N+](=O)[O-])cnc1N. The highest BCUT2D eigenvalue weighted by Gasteiger charge is 2.20. The van der Waals surface area contributed by atoms with Gasteiger partial charge in [0.1, 0.15) is 12.0 Å². The van der Waals surface area contributed by atoms with Gasteiger partial charge in [-0.05, 0) is 6.92 Å². The van der Waals surface area contributed by atoms with Gasteiger partial charge in [0.15, 0.2) is 0 Å². The van der Waals surface area contributed by atoms with Gasteiger partial charge >= 0.3 is 0 Å². The van der Waals surface area contributed by atoms with Gasteiger partial charge in [-0.25, -0.2) is 4.98 Å². The molecule has 0 bridgehead atoms. The quantitative estimate of drug-likeness (QED) is 0.622. The number of rotatable bonds is 5. The van der Waals surface area contributed by atoms with Crippen molar-refractivity contribution in [2.45, 2.75) is 13.3 Å². The lowest BCUT2D eigenvalue weighted by molar-refractivity contribution is -0.385. The molecule has 0 aromatic carbocycles. The van der Waals surface area contributed by atoms with Gasteiger partial charge in [0.05, 0.1) is 23.0 Å². The predicted octanol–water partition coefficient (Wildman–Crippen LogP) is 0.948. The molecule has 0 aliphatic carbocycles. The Kier molecular flexibility index (Phi) is 4.76. The number of nitriles is 1. The maximum absolute atomic E-state index is 12.2. The molecule has 0 saturated carbocycles. The highest BCUT2D eigenvalue weighted by molar-refractivity contribution is 5.98. The first-order chi connectivity index (χ1) is 9.01. The van der Waals surface area contributed by atoms with Crippen molar-refractivity contribution in [3.63, 3.8) is 0 Å². The van der Waals surface area contributed by atoms with Gasteiger partial charge in [-0.1, -0.05) is 0 Å². The third-order valence-corrected chi connectivity index (χ3v) is 2.51. The van der Waals surface area contributed by atoms with Crippen molar-refractivity contribution in [2.75, 3.05) is 18.8 Å². The molecule has 1 aromatic rings. The number of carbonyl (C=O) groups excluding carboxylic acids is 1. The van der Waals surface area contributed by atoms with Gasteiger partial charge in [0.25, 0.3) is 11.6 Å². The van der Waals surface area contributed by atoms with Crippen molar-refractivity contribution in [3.8, 4) is 6.07 Å². The second-order valence-corrected chi connectivity index (χ2v) is 3.68. The van der Waals surface area contributed by atoms with Gasteiger partial charge < -0.3 is 10.6 Å². The van der Waals surface area contributed by atoms with Gasteiger partial charge in [-0.2, -0.15) is 5.26 Å². The fourth-order valence-corrected chi connectivity index (χ4v) is 1.49. The standard InChI is InChI=1S/C11H13N5O3/c1-2-15(5-3-4-12)11(17)9-6-8(16(18)19)7-14-10(9)13/h6-7H,2-3,5H2,1H3,(H2,13,14). The molecule has 1 amide bonds. The number of aromatic nitrogens is 1. The van der Waals surface area contributed by atoms with Gasteiger partial charge in [0, 0.05) is 19.2 Å². The van der Waals surface area contributed by atoms with Crippen LogP contribution < -0.4 is 5.73 Å². The Morgan fingerprint density at radius 1 is 1.68 bits per heavy atom. The number of amides is 1. The Bertz CT molecular complexity index is 538. The van der Waals surface area contributed by atoms with Crippen LogP contribution in [0.5, 0.6) is 0 Å². The Labute approximate surface area is 109 Å². The second kappa shape index (κ2) is 6.30. The van der Waals surface area contributed by atoms with Crippen LogP contribution >= 0.6 is 0 Å². The van der Waals surface area contributed by atoms with Gasteiger partial charge in [-0.3, -0.25) is 14.9 Å². The van der Waals surface area contributed by atoms with Crippen LogP contribution in [0, 0.1) is 21.4 Å². The minimum absolute atomic E-state index is 0.0195. The second-order valence-electron chi connectivity index (χ2n) is 3.68. The van der Waals surface area contributed by atoms with Crippen molar-refractivity contribution in [2.24, 2.45) is 0 Å². The molecule has 2 N–H and O–H groups in total. The smallest absolute Gasteiger partial charge is 0.288 e. The van der Waals surface area contributed by atoms with Crippen LogP contribution in [0.15, 0.2) is 12.3 Å². The number of nitro groups is 1. The Balaban J connectivity index is 3.06. The van der Waals surface area contributed by atoms with E-state index in [1.165, 1.54) is 4.90 Å². The third kappa shape index (κ3) is 3.38. The largest absolute Gasteiger partial charge is 0.383 e. The number of nitrogen functional groups attached to an aromatic ring is 1. The summed E-state index contributed by atoms with van der Waals surface area (Å²) in [5.74, 6) is -0.530. The summed E-state index contributed by atoms with van der Waals surface area (Å²) in [6.07, 6.45) is 1.18. The number of nitrogens with two attached hydrogens (primary N) is 1. The first-order valence-corrected chi connectivity index (χ1v) is 5.57. The van der Waals surface area contributed by atoms with E-state index in [9.17, 15) is 14.9 Å². The van der Waals surface area contributed by atoms with Gasteiger partial charge in [0.2, 0.25) is 0 Å². The molecule has 1 heterocycles. The predicted molar refractivity (Wildman–Crippen MR) is 67.1 cm³/mol. The molecule has 100 valence electrons. The highest BCUT2D eigenvalue weighted by atomic mass is 16.6. The molecule has 19 heavy (non-hydrogen) atoms. The minimum Gasteiger partial charge on any atom is -0.383 e. The molecule has 8 nitrogen and oxygen atoms in total. The molecule has 8 heteroatoms. The summed E-state index contributed by atoms with van der Waals surface area (Å²) in [6.45, 7) is 2.37. The van der Waals surface area contributed by atoms with E-state index in [0.29, 0.717) is 6.54 Å². The molecular weight excluding hydrogens is 250 g/mol. The molecule has 0 fully saturated rings. The van der Waals surface area contributed by atoms with E-state index in [4.69, 9.17) is 11.0 Å². The molecule has 1 aromatic heterocycles. The summed E-state index contributed by atoms with van der Waals surface area (Å²) in [7, 11) is 0. The zero-order valence-electron chi connectivity index (χ0n) is 10.4. The highest BCUT2D eigenvalue weighted by Crippen LogP contribution is 2.18. The average Bonchev–Trinajstić information content (AvgIpc) is 2.39. The normalized spacial score (nSPS) is 9.68. The molecule has 0 unspecified atom stereocenters. The Hall–Kier alpha value is -2.69. The maximum atomic E-state index is 12.2. The van der Waals surface area contributed by atoms with Crippen LogP contribution in [0.1, 0.15) is 23.7 Å². The molecule has 1 rings (SSSR count). The van der Waals surface area contributed by atoms with E-state index in [1.807, 2.05) is 6.07 Å². The molecule has 0 aliphatic rings. The summed E-state index contributed by atoms with van der Waals surface area (Å²) in [4.78, 5) is 27.2. The van der Waals surface area contributed by atoms with Crippen molar-refractivity contribution in [1.82, 2.24) is 9.88 Å². The van der Waals surface area contributed by atoms with Crippen LogP contribution in [0.3, 0.4) is 0 Å². The minimum atomic E-state index is -0.644. The van der Waals surface area contributed by atoms with Crippen LogP contribution in [0.25, 0.3) is 0 Å². The summed E-state index contributed by atoms with van der Waals surface area (Å²) in [5.41, 5.74) is 5.25. The van der Waals surface area contributed by atoms with E-state index < -0.39 is 10.8 Å². The van der Waals surface area contributed by atoms with Crippen LogP contribution in [0.4, 0.5) is 11.5 Å². The van der Waals surface area contributed by atoms with Crippen LogP contribution in [-0.2, 0) is 0 Å². The molecule has 0 spiro atoms. The number of hydrogen-bond donors (Lipinski definition) is 1. The zero-order chi connectivity index (χ0) is 14.4. The van der Waals surface area contributed by atoms with Crippen LogP contribution in [0.2, 0.25) is 0 Å². The fraction of sp³-hybridized carbons (Fsp3) is 0.364. The van der Waals surface area contributed by atoms with Crippen molar-refractivity contribution in [3.05, 3.63) is 27.9 Å². The number of anilines is 1. The zero-order valence-corrected chi connectivity index (χ0v) is 10.4. The lowest BCUT2D eigenvalue weighted by Crippen LogP contribution is -2.32. The lowest BCUT2D eigenvalue weighted by atomic mass is 10.2. The topological polar surface area (TPSA) is 126 Å². The maximum Gasteiger partial charge on any atom is 0.288 e. The van der Waals surface area contributed by atoms with Crippen LogP contribution in [-0.4, -0.2) is 33.8 Å².